The molecule has 1 rings (SSSR count). The maximum Gasteiger partial charge on any atom is 0.161 e. The molecular weight excluding hydrogens is 252 g/mol. The summed E-state index contributed by atoms with van der Waals surface area (Å²) >= 11 is 0. The molecule has 0 aliphatic rings. The molecule has 3 nitrogen and oxygen atoms in total. The Labute approximate surface area is 121 Å². The molecule has 0 fully saturated rings. The van der Waals surface area contributed by atoms with Gasteiger partial charge in [-0.1, -0.05) is 38.3 Å². The molecule has 0 saturated heterocycles. The second-order valence-electron chi connectivity index (χ2n) is 4.76. The molecule has 1 aromatic rings. The van der Waals surface area contributed by atoms with Gasteiger partial charge in [0.05, 0.1) is 13.7 Å². The third-order valence-electron chi connectivity index (χ3n) is 2.95. The van der Waals surface area contributed by atoms with Crippen LogP contribution in [-0.2, 0) is 4.79 Å². The fourth-order valence-electron chi connectivity index (χ4n) is 1.83. The highest BCUT2D eigenvalue weighted by atomic mass is 16.5. The van der Waals surface area contributed by atoms with Gasteiger partial charge in [-0.3, -0.25) is 4.79 Å². The third kappa shape index (κ3) is 5.91. The molecule has 0 atom stereocenters. The molecule has 0 aromatic heterocycles. The van der Waals surface area contributed by atoms with Crippen molar-refractivity contribution in [1.29, 1.82) is 0 Å². The molecule has 1 aromatic carbocycles. The van der Waals surface area contributed by atoms with Crippen molar-refractivity contribution < 1.29 is 14.3 Å². The zero-order valence-corrected chi connectivity index (χ0v) is 12.6. The molecule has 0 radical (unpaired) electrons. The highest BCUT2D eigenvalue weighted by Gasteiger charge is 2.04. The lowest BCUT2D eigenvalue weighted by Gasteiger charge is -2.11. The molecule has 0 heterocycles. The number of carbonyl (C=O) groups excluding carboxylic acids is 1. The Balaban J connectivity index is 2.61. The normalized spacial score (nSPS) is 10.8. The number of unbranched alkanes of at least 4 members (excludes halogenated alkanes) is 3. The minimum atomic E-state index is 0.0280. The monoisotopic (exact) mass is 276 g/mol. The first-order valence-corrected chi connectivity index (χ1v) is 7.17. The third-order valence-corrected chi connectivity index (χ3v) is 2.95. The first kappa shape index (κ1) is 16.3. The minimum absolute atomic E-state index is 0.0280. The van der Waals surface area contributed by atoms with Gasteiger partial charge in [0.2, 0.25) is 0 Å². The van der Waals surface area contributed by atoms with Gasteiger partial charge in [0.25, 0.3) is 0 Å². The predicted octanol–water partition coefficient (Wildman–Crippen LogP) is 4.26. The number of ether oxygens (including phenoxy) is 2. The Kier molecular flexibility index (Phi) is 7.48. The van der Waals surface area contributed by atoms with E-state index in [0.29, 0.717) is 12.4 Å². The van der Waals surface area contributed by atoms with Crippen LogP contribution in [0, 0.1) is 0 Å². The van der Waals surface area contributed by atoms with E-state index in [9.17, 15) is 4.79 Å². The van der Waals surface area contributed by atoms with Crippen molar-refractivity contribution in [2.24, 2.45) is 0 Å². The van der Waals surface area contributed by atoms with Gasteiger partial charge in [0.1, 0.15) is 0 Å². The van der Waals surface area contributed by atoms with Crippen LogP contribution >= 0.6 is 0 Å². The summed E-state index contributed by atoms with van der Waals surface area (Å²) in [7, 11) is 1.62. The highest BCUT2D eigenvalue weighted by Crippen LogP contribution is 2.28. The van der Waals surface area contributed by atoms with Crippen LogP contribution in [0.4, 0.5) is 0 Å². The highest BCUT2D eigenvalue weighted by molar-refractivity contribution is 5.91. The Morgan fingerprint density at radius 1 is 1.20 bits per heavy atom. The van der Waals surface area contributed by atoms with Crippen LogP contribution in [0.2, 0.25) is 0 Å². The van der Waals surface area contributed by atoms with Crippen LogP contribution in [0.3, 0.4) is 0 Å². The minimum Gasteiger partial charge on any atom is -0.493 e. The molecule has 0 spiro atoms. The number of hydrogen-bond donors (Lipinski definition) is 0. The van der Waals surface area contributed by atoms with Gasteiger partial charge in [-0.25, -0.2) is 0 Å². The Morgan fingerprint density at radius 2 is 2.00 bits per heavy atom. The smallest absolute Gasteiger partial charge is 0.161 e. The van der Waals surface area contributed by atoms with E-state index in [2.05, 4.69) is 6.92 Å². The van der Waals surface area contributed by atoms with Crippen LogP contribution in [0.25, 0.3) is 6.08 Å². The number of benzene rings is 1. The van der Waals surface area contributed by atoms with Crippen molar-refractivity contribution in [3.8, 4) is 11.5 Å². The average molecular weight is 276 g/mol. The first-order valence-electron chi connectivity index (χ1n) is 7.17. The van der Waals surface area contributed by atoms with Crippen molar-refractivity contribution in [2.75, 3.05) is 13.7 Å². The van der Waals surface area contributed by atoms with Gasteiger partial charge in [0.15, 0.2) is 17.3 Å². The molecule has 0 aliphatic heterocycles. The predicted molar refractivity (Wildman–Crippen MR) is 82.3 cm³/mol. The van der Waals surface area contributed by atoms with Crippen LogP contribution in [0.15, 0.2) is 24.3 Å². The summed E-state index contributed by atoms with van der Waals surface area (Å²) in [6.07, 6.45) is 8.03. The summed E-state index contributed by atoms with van der Waals surface area (Å²) in [5.41, 5.74) is 0.926. The molecule has 0 amide bonds. The maximum absolute atomic E-state index is 10.9. The molecule has 0 unspecified atom stereocenters. The number of rotatable bonds is 9. The van der Waals surface area contributed by atoms with Gasteiger partial charge in [-0.15, -0.1) is 0 Å². The van der Waals surface area contributed by atoms with E-state index in [1.807, 2.05) is 18.2 Å². The van der Waals surface area contributed by atoms with Crippen molar-refractivity contribution in [1.82, 2.24) is 0 Å². The van der Waals surface area contributed by atoms with Crippen molar-refractivity contribution in [3.05, 3.63) is 29.8 Å². The van der Waals surface area contributed by atoms with Gasteiger partial charge in [0, 0.05) is 0 Å². The van der Waals surface area contributed by atoms with Crippen LogP contribution in [0.1, 0.15) is 45.1 Å². The summed E-state index contributed by atoms with van der Waals surface area (Å²) < 4.78 is 11.1. The Morgan fingerprint density at radius 3 is 2.65 bits per heavy atom. The Bertz CT molecular complexity index is 450. The van der Waals surface area contributed by atoms with Crippen LogP contribution < -0.4 is 9.47 Å². The average Bonchev–Trinajstić information content (AvgIpc) is 2.45. The van der Waals surface area contributed by atoms with Gasteiger partial charge < -0.3 is 9.47 Å². The fraction of sp³-hybridized carbons (Fsp3) is 0.471. The largest absolute Gasteiger partial charge is 0.493 e. The number of methoxy groups -OCH3 is 1. The molecule has 20 heavy (non-hydrogen) atoms. The van der Waals surface area contributed by atoms with Gasteiger partial charge in [-0.2, -0.15) is 0 Å². The van der Waals surface area contributed by atoms with E-state index in [1.165, 1.54) is 26.2 Å². The van der Waals surface area contributed by atoms with E-state index in [4.69, 9.17) is 9.47 Å². The van der Waals surface area contributed by atoms with E-state index < -0.39 is 0 Å². The SMILES string of the molecule is CCCCCCOc1ccc(C=CC(C)=O)cc1OC. The molecule has 3 heteroatoms. The topological polar surface area (TPSA) is 35.5 Å². The number of allylic oxidation sites excluding steroid dienone is 1. The summed E-state index contributed by atoms with van der Waals surface area (Å²) in [5.74, 6) is 1.48. The van der Waals surface area contributed by atoms with E-state index in [1.54, 1.807) is 19.3 Å². The maximum atomic E-state index is 10.9. The molecule has 0 bridgehead atoms. The molecule has 0 N–H and O–H groups in total. The molecule has 0 saturated carbocycles. The van der Waals surface area contributed by atoms with Gasteiger partial charge in [-0.05, 0) is 37.1 Å². The number of carbonyl (C=O) groups is 1. The summed E-state index contributed by atoms with van der Waals surface area (Å²) in [4.78, 5) is 10.9. The van der Waals surface area contributed by atoms with Crippen LogP contribution in [-0.4, -0.2) is 19.5 Å². The lowest BCUT2D eigenvalue weighted by Crippen LogP contribution is -1.99. The van der Waals surface area contributed by atoms with E-state index >= 15 is 0 Å². The quantitative estimate of drug-likeness (QED) is 0.499. The van der Waals surface area contributed by atoms with Crippen molar-refractivity contribution >= 4 is 11.9 Å². The zero-order valence-electron chi connectivity index (χ0n) is 12.6. The zero-order chi connectivity index (χ0) is 14.8. The molecule has 110 valence electrons. The van der Waals surface area contributed by atoms with E-state index in [-0.39, 0.29) is 5.78 Å². The number of hydrogen-bond acceptors (Lipinski definition) is 3. The van der Waals surface area contributed by atoms with E-state index in [0.717, 1.165) is 17.7 Å². The Hall–Kier alpha value is -1.77. The lowest BCUT2D eigenvalue weighted by molar-refractivity contribution is -0.112. The molecule has 0 aliphatic carbocycles. The fourth-order valence-corrected chi connectivity index (χ4v) is 1.83. The second-order valence-corrected chi connectivity index (χ2v) is 4.76. The van der Waals surface area contributed by atoms with Crippen molar-refractivity contribution in [2.45, 2.75) is 39.5 Å². The number of ketones is 1. The summed E-state index contributed by atoms with van der Waals surface area (Å²) in [6.45, 7) is 4.43. The van der Waals surface area contributed by atoms with Crippen molar-refractivity contribution in [3.63, 3.8) is 0 Å². The van der Waals surface area contributed by atoms with Crippen LogP contribution in [0.5, 0.6) is 11.5 Å². The molecular formula is C17H24O3. The van der Waals surface area contributed by atoms with Gasteiger partial charge >= 0.3 is 0 Å². The summed E-state index contributed by atoms with van der Waals surface area (Å²) in [6, 6.07) is 5.68. The lowest BCUT2D eigenvalue weighted by atomic mass is 10.1. The standard InChI is InChI=1S/C17H24O3/c1-4-5-6-7-12-20-16-11-10-15(9-8-14(2)18)13-17(16)19-3/h8-11,13H,4-7,12H2,1-3H3. The summed E-state index contributed by atoms with van der Waals surface area (Å²) in [5, 5.41) is 0. The second kappa shape index (κ2) is 9.18. The first-order chi connectivity index (χ1) is 9.67.